The highest BCUT2D eigenvalue weighted by Crippen LogP contribution is 2.05. The van der Waals surface area contributed by atoms with Gasteiger partial charge in [0, 0.05) is 0 Å². The first-order chi connectivity index (χ1) is 5.77. The maximum Gasteiger partial charge on any atom is 0.508 e. The van der Waals surface area contributed by atoms with Gasteiger partial charge in [-0.2, -0.15) is 0 Å². The van der Waals surface area contributed by atoms with E-state index in [1.807, 2.05) is 0 Å². The van der Waals surface area contributed by atoms with Gasteiger partial charge in [-0.05, 0) is 17.6 Å². The zero-order valence-electron chi connectivity index (χ0n) is 6.73. The van der Waals surface area contributed by atoms with Crippen LogP contribution in [0.4, 0.5) is 0 Å². The van der Waals surface area contributed by atoms with Gasteiger partial charge in [-0.1, -0.05) is 12.1 Å². The van der Waals surface area contributed by atoms with Gasteiger partial charge >= 0.3 is 7.12 Å². The second-order valence-corrected chi connectivity index (χ2v) is 2.27. The highest BCUT2D eigenvalue weighted by Gasteiger charge is 2.14. The molecule has 0 saturated carbocycles. The van der Waals surface area contributed by atoms with Gasteiger partial charge in [-0.25, -0.2) is 5.90 Å². The molecule has 1 rings (SSSR count). The quantitative estimate of drug-likeness (QED) is 0.460. The zero-order chi connectivity index (χ0) is 8.97. The summed E-state index contributed by atoms with van der Waals surface area (Å²) in [6.07, 6.45) is 0. The van der Waals surface area contributed by atoms with Crippen molar-refractivity contribution in [2.24, 2.45) is 5.90 Å². The fourth-order valence-corrected chi connectivity index (χ4v) is 0.874. The molecule has 0 saturated heterocycles. The molecular formula is C7H10BNO3. The maximum absolute atomic E-state index is 9.15. The second kappa shape index (κ2) is 4.11. The minimum atomic E-state index is -1.10. The summed E-state index contributed by atoms with van der Waals surface area (Å²) < 4.78 is 9.18. The number of benzene rings is 1. The number of nitrogens with two attached hydrogens (primary N) is 1. The topological polar surface area (TPSA) is 64.7 Å². The van der Waals surface area contributed by atoms with Crippen molar-refractivity contribution < 1.29 is 14.5 Å². The van der Waals surface area contributed by atoms with Gasteiger partial charge in [-0.15, -0.1) is 0 Å². The Balaban J connectivity index is 2.86. The van der Waals surface area contributed by atoms with Crippen LogP contribution in [0.5, 0.6) is 5.75 Å². The van der Waals surface area contributed by atoms with E-state index in [0.717, 1.165) is 0 Å². The van der Waals surface area contributed by atoms with Crippen molar-refractivity contribution in [3.8, 4) is 5.75 Å². The first kappa shape index (κ1) is 9.06. The molecule has 64 valence electrons. The van der Waals surface area contributed by atoms with Crippen LogP contribution in [0, 0.1) is 0 Å². The Morgan fingerprint density at radius 3 is 2.83 bits per heavy atom. The fraction of sp³-hybridized carbons (Fsp3) is 0.143. The van der Waals surface area contributed by atoms with E-state index < -0.39 is 7.12 Å². The van der Waals surface area contributed by atoms with E-state index in [4.69, 9.17) is 15.7 Å². The van der Waals surface area contributed by atoms with Crippen LogP contribution in [0.15, 0.2) is 24.3 Å². The Kier molecular flexibility index (Phi) is 3.10. The molecule has 1 aromatic rings. The maximum atomic E-state index is 9.15. The van der Waals surface area contributed by atoms with Gasteiger partial charge in [0.2, 0.25) is 0 Å². The molecule has 1 aromatic carbocycles. The third-order valence-electron chi connectivity index (χ3n) is 1.51. The lowest BCUT2D eigenvalue weighted by molar-refractivity contribution is 0.281. The Labute approximate surface area is 71.0 Å². The summed E-state index contributed by atoms with van der Waals surface area (Å²) in [5, 5.41) is 9.15. The van der Waals surface area contributed by atoms with Crippen molar-refractivity contribution in [1.82, 2.24) is 0 Å². The lowest BCUT2D eigenvalue weighted by Gasteiger charge is -2.04. The molecule has 0 amide bonds. The van der Waals surface area contributed by atoms with Gasteiger partial charge in [0.1, 0.15) is 5.75 Å². The number of methoxy groups -OCH3 is 1. The van der Waals surface area contributed by atoms with E-state index in [0.29, 0.717) is 11.2 Å². The summed E-state index contributed by atoms with van der Waals surface area (Å²) >= 11 is 0. The fourth-order valence-electron chi connectivity index (χ4n) is 0.874. The summed E-state index contributed by atoms with van der Waals surface area (Å²) in [7, 11) is 0.453. The van der Waals surface area contributed by atoms with Crippen LogP contribution in [-0.2, 0) is 4.76 Å². The van der Waals surface area contributed by atoms with E-state index >= 15 is 0 Å². The van der Waals surface area contributed by atoms with E-state index in [2.05, 4.69) is 4.76 Å². The highest BCUT2D eigenvalue weighted by atomic mass is 16.6. The summed E-state index contributed by atoms with van der Waals surface area (Å²) in [5.74, 6) is 5.46. The van der Waals surface area contributed by atoms with Crippen molar-refractivity contribution in [3.63, 3.8) is 0 Å². The minimum absolute atomic E-state index is 0.567. The average molecular weight is 167 g/mol. The molecule has 0 aliphatic carbocycles. The van der Waals surface area contributed by atoms with Crippen molar-refractivity contribution in [3.05, 3.63) is 24.3 Å². The molecule has 0 aromatic heterocycles. The molecule has 0 spiro atoms. The Morgan fingerprint density at radius 2 is 2.25 bits per heavy atom. The van der Waals surface area contributed by atoms with Crippen LogP contribution >= 0.6 is 0 Å². The molecular weight excluding hydrogens is 157 g/mol. The number of hydrogen-bond donors (Lipinski definition) is 2. The standard InChI is InChI=1S/C7H10BNO3/c1-11-7-4-2-3-6(5-7)8(10)12-9/h2-5,10H,9H2,1H3. The lowest BCUT2D eigenvalue weighted by atomic mass is 9.80. The van der Waals surface area contributed by atoms with Crippen LogP contribution in [0.3, 0.4) is 0 Å². The molecule has 0 bridgehead atoms. The number of hydrogen-bond acceptors (Lipinski definition) is 4. The van der Waals surface area contributed by atoms with Crippen molar-refractivity contribution in [2.75, 3.05) is 7.11 Å². The minimum Gasteiger partial charge on any atom is -0.497 e. The van der Waals surface area contributed by atoms with Crippen LogP contribution in [-0.4, -0.2) is 19.3 Å². The average Bonchev–Trinajstić information content (AvgIpc) is 2.17. The Hall–Kier alpha value is -1.04. The molecule has 0 atom stereocenters. The summed E-state index contributed by atoms with van der Waals surface area (Å²) in [5.41, 5.74) is 0.567. The smallest absolute Gasteiger partial charge is 0.497 e. The van der Waals surface area contributed by atoms with Crippen LogP contribution < -0.4 is 16.1 Å². The van der Waals surface area contributed by atoms with Crippen LogP contribution in [0.1, 0.15) is 0 Å². The Morgan fingerprint density at radius 1 is 1.50 bits per heavy atom. The number of ether oxygens (including phenoxy) is 1. The lowest BCUT2D eigenvalue weighted by Crippen LogP contribution is -2.35. The van der Waals surface area contributed by atoms with Crippen molar-refractivity contribution in [1.29, 1.82) is 0 Å². The summed E-state index contributed by atoms with van der Waals surface area (Å²) in [4.78, 5) is 0. The summed E-state index contributed by atoms with van der Waals surface area (Å²) in [6, 6.07) is 6.86. The van der Waals surface area contributed by atoms with Crippen molar-refractivity contribution >= 4 is 12.6 Å². The van der Waals surface area contributed by atoms with E-state index in [-0.39, 0.29) is 0 Å². The molecule has 3 N–H and O–H groups in total. The molecule has 4 nitrogen and oxygen atoms in total. The van der Waals surface area contributed by atoms with Crippen LogP contribution in [0.25, 0.3) is 0 Å². The van der Waals surface area contributed by atoms with Gasteiger partial charge < -0.3 is 14.5 Å². The first-order valence-electron chi connectivity index (χ1n) is 3.45. The third-order valence-corrected chi connectivity index (χ3v) is 1.51. The highest BCUT2D eigenvalue weighted by molar-refractivity contribution is 6.59. The predicted octanol–water partition coefficient (Wildman–Crippen LogP) is -0.727. The van der Waals surface area contributed by atoms with Gasteiger partial charge in [0.05, 0.1) is 7.11 Å². The first-order valence-corrected chi connectivity index (χ1v) is 3.45. The van der Waals surface area contributed by atoms with E-state index in [1.54, 1.807) is 31.4 Å². The van der Waals surface area contributed by atoms with Crippen molar-refractivity contribution in [2.45, 2.75) is 0 Å². The molecule has 0 heterocycles. The predicted molar refractivity (Wildman–Crippen MR) is 45.9 cm³/mol. The second-order valence-electron chi connectivity index (χ2n) is 2.27. The summed E-state index contributed by atoms with van der Waals surface area (Å²) in [6.45, 7) is 0. The third kappa shape index (κ3) is 1.98. The molecule has 12 heavy (non-hydrogen) atoms. The van der Waals surface area contributed by atoms with Crippen LogP contribution in [0.2, 0.25) is 0 Å². The monoisotopic (exact) mass is 167 g/mol. The largest absolute Gasteiger partial charge is 0.508 e. The molecule has 0 aliphatic heterocycles. The molecule has 0 radical (unpaired) electrons. The normalized spacial score (nSPS) is 9.58. The van der Waals surface area contributed by atoms with Gasteiger partial charge in [0.15, 0.2) is 0 Å². The molecule has 0 aliphatic rings. The van der Waals surface area contributed by atoms with Gasteiger partial charge in [-0.3, -0.25) is 0 Å². The van der Waals surface area contributed by atoms with Gasteiger partial charge in [0.25, 0.3) is 0 Å². The molecule has 5 heteroatoms. The SMILES string of the molecule is COc1cccc(B(O)ON)c1. The zero-order valence-corrected chi connectivity index (χ0v) is 6.73. The molecule has 0 unspecified atom stereocenters. The molecule has 0 fully saturated rings. The number of rotatable bonds is 3. The Bertz CT molecular complexity index is 256. The van der Waals surface area contributed by atoms with E-state index in [9.17, 15) is 0 Å². The van der Waals surface area contributed by atoms with E-state index in [1.165, 1.54) is 0 Å².